The van der Waals surface area contributed by atoms with Crippen LogP contribution in [0.1, 0.15) is 17.4 Å². The summed E-state index contributed by atoms with van der Waals surface area (Å²) in [6, 6.07) is 1.91. The molecule has 0 spiro atoms. The van der Waals surface area contributed by atoms with Crippen molar-refractivity contribution in [1.29, 1.82) is 0 Å². The summed E-state index contributed by atoms with van der Waals surface area (Å²) in [5.74, 6) is 1.87. The standard InChI is InChI=1S/C6H9N3S/c7-6-3-4(8-9-6)5-1-2-10-5/h3,5H,1-2H2,(H3,7,8,9). The first-order chi connectivity index (χ1) is 4.86. The molecule has 0 bridgehead atoms. The molecule has 0 radical (unpaired) electrons. The van der Waals surface area contributed by atoms with Crippen LogP contribution in [0.4, 0.5) is 5.82 Å². The number of thioether (sulfide) groups is 1. The Bertz CT molecular complexity index is 229. The number of rotatable bonds is 1. The molecule has 1 fully saturated rings. The first-order valence-electron chi connectivity index (χ1n) is 3.28. The molecule has 1 atom stereocenters. The number of hydrogen-bond donors (Lipinski definition) is 2. The highest BCUT2D eigenvalue weighted by molar-refractivity contribution is 8.00. The maximum Gasteiger partial charge on any atom is 0.145 e. The maximum absolute atomic E-state index is 5.44. The van der Waals surface area contributed by atoms with Gasteiger partial charge in [0.2, 0.25) is 0 Å². The van der Waals surface area contributed by atoms with E-state index in [0.717, 1.165) is 0 Å². The SMILES string of the molecule is Nc1cc(C2CCS2)[nH]n1. The van der Waals surface area contributed by atoms with Crippen molar-refractivity contribution in [2.24, 2.45) is 0 Å². The van der Waals surface area contributed by atoms with E-state index in [2.05, 4.69) is 10.2 Å². The monoisotopic (exact) mass is 155 g/mol. The fraction of sp³-hybridized carbons (Fsp3) is 0.500. The lowest BCUT2D eigenvalue weighted by Gasteiger charge is -2.22. The van der Waals surface area contributed by atoms with E-state index in [9.17, 15) is 0 Å². The van der Waals surface area contributed by atoms with Gasteiger partial charge in [0.1, 0.15) is 5.82 Å². The van der Waals surface area contributed by atoms with Gasteiger partial charge in [-0.25, -0.2) is 0 Å². The number of nitrogen functional groups attached to an aromatic ring is 1. The average molecular weight is 155 g/mol. The van der Waals surface area contributed by atoms with E-state index in [0.29, 0.717) is 11.1 Å². The lowest BCUT2D eigenvalue weighted by Crippen LogP contribution is -2.06. The third-order valence-electron chi connectivity index (χ3n) is 1.66. The van der Waals surface area contributed by atoms with E-state index in [4.69, 9.17) is 5.73 Å². The molecule has 1 aromatic rings. The molecule has 1 unspecified atom stereocenters. The minimum atomic E-state index is 0.600. The summed E-state index contributed by atoms with van der Waals surface area (Å²) in [5.41, 5.74) is 6.62. The molecule has 0 amide bonds. The predicted molar refractivity (Wildman–Crippen MR) is 42.8 cm³/mol. The van der Waals surface area contributed by atoms with Gasteiger partial charge in [0.05, 0.1) is 5.69 Å². The van der Waals surface area contributed by atoms with Crippen molar-refractivity contribution < 1.29 is 0 Å². The average Bonchev–Trinajstić information content (AvgIpc) is 2.10. The van der Waals surface area contributed by atoms with Gasteiger partial charge in [-0.05, 0) is 12.2 Å². The molecule has 2 rings (SSSR count). The summed E-state index contributed by atoms with van der Waals surface area (Å²) in [7, 11) is 0. The Morgan fingerprint density at radius 2 is 2.60 bits per heavy atom. The first kappa shape index (κ1) is 6.09. The van der Waals surface area contributed by atoms with Crippen LogP contribution in [0, 0.1) is 0 Å². The minimum Gasteiger partial charge on any atom is -0.382 e. The summed E-state index contributed by atoms with van der Waals surface area (Å²) in [6.07, 6.45) is 1.26. The van der Waals surface area contributed by atoms with Crippen LogP contribution < -0.4 is 5.73 Å². The van der Waals surface area contributed by atoms with Crippen LogP contribution in [-0.4, -0.2) is 16.0 Å². The smallest absolute Gasteiger partial charge is 0.145 e. The van der Waals surface area contributed by atoms with Gasteiger partial charge in [-0.3, -0.25) is 5.10 Å². The van der Waals surface area contributed by atoms with Gasteiger partial charge in [-0.2, -0.15) is 16.9 Å². The molecular weight excluding hydrogens is 146 g/mol. The Kier molecular flexibility index (Phi) is 1.34. The zero-order chi connectivity index (χ0) is 6.97. The highest BCUT2D eigenvalue weighted by atomic mass is 32.2. The molecule has 4 heteroatoms. The fourth-order valence-corrected chi connectivity index (χ4v) is 1.77. The highest BCUT2D eigenvalue weighted by Crippen LogP contribution is 2.41. The van der Waals surface area contributed by atoms with Gasteiger partial charge in [-0.15, -0.1) is 0 Å². The number of nitrogens with two attached hydrogens (primary N) is 1. The van der Waals surface area contributed by atoms with Crippen molar-refractivity contribution in [2.75, 3.05) is 11.5 Å². The zero-order valence-electron chi connectivity index (χ0n) is 5.50. The van der Waals surface area contributed by atoms with Crippen molar-refractivity contribution in [2.45, 2.75) is 11.7 Å². The number of H-pyrrole nitrogens is 1. The van der Waals surface area contributed by atoms with Gasteiger partial charge in [0, 0.05) is 11.3 Å². The van der Waals surface area contributed by atoms with Gasteiger partial charge in [0.15, 0.2) is 0 Å². The van der Waals surface area contributed by atoms with Crippen LogP contribution in [0.2, 0.25) is 0 Å². The molecule has 2 heterocycles. The van der Waals surface area contributed by atoms with E-state index in [1.807, 2.05) is 17.8 Å². The van der Waals surface area contributed by atoms with E-state index in [1.54, 1.807) is 0 Å². The third kappa shape index (κ3) is 0.883. The molecule has 1 aromatic heterocycles. The summed E-state index contributed by atoms with van der Waals surface area (Å²) in [5, 5.41) is 7.40. The molecule has 0 aliphatic carbocycles. The zero-order valence-corrected chi connectivity index (χ0v) is 6.32. The molecule has 10 heavy (non-hydrogen) atoms. The van der Waals surface area contributed by atoms with Crippen LogP contribution in [-0.2, 0) is 0 Å². The minimum absolute atomic E-state index is 0.600. The van der Waals surface area contributed by atoms with Gasteiger partial charge >= 0.3 is 0 Å². The molecule has 3 nitrogen and oxygen atoms in total. The number of aromatic nitrogens is 2. The Hall–Kier alpha value is -0.640. The molecule has 0 saturated carbocycles. The predicted octanol–water partition coefficient (Wildman–Crippen LogP) is 1.17. The quantitative estimate of drug-likeness (QED) is 0.640. The number of hydrogen-bond acceptors (Lipinski definition) is 3. The van der Waals surface area contributed by atoms with E-state index in [1.165, 1.54) is 17.9 Å². The van der Waals surface area contributed by atoms with Crippen LogP contribution in [0.5, 0.6) is 0 Å². The van der Waals surface area contributed by atoms with Gasteiger partial charge in [-0.1, -0.05) is 0 Å². The van der Waals surface area contributed by atoms with Crippen LogP contribution >= 0.6 is 11.8 Å². The van der Waals surface area contributed by atoms with E-state index >= 15 is 0 Å². The topological polar surface area (TPSA) is 54.7 Å². The number of nitrogens with one attached hydrogen (secondary N) is 1. The Labute approximate surface area is 63.4 Å². The maximum atomic E-state index is 5.44. The highest BCUT2D eigenvalue weighted by Gasteiger charge is 2.21. The summed E-state index contributed by atoms with van der Waals surface area (Å²) < 4.78 is 0. The van der Waals surface area contributed by atoms with Crippen molar-refractivity contribution in [1.82, 2.24) is 10.2 Å². The second-order valence-corrected chi connectivity index (χ2v) is 3.71. The van der Waals surface area contributed by atoms with Crippen LogP contribution in [0.3, 0.4) is 0 Å². The molecule has 54 valence electrons. The van der Waals surface area contributed by atoms with Crippen LogP contribution in [0.25, 0.3) is 0 Å². The normalized spacial score (nSPS) is 24.2. The number of nitrogens with zero attached hydrogens (tertiary/aromatic N) is 1. The van der Waals surface area contributed by atoms with Gasteiger partial charge in [0.25, 0.3) is 0 Å². The van der Waals surface area contributed by atoms with Crippen LogP contribution in [0.15, 0.2) is 6.07 Å². The van der Waals surface area contributed by atoms with Gasteiger partial charge < -0.3 is 5.73 Å². The molecule has 1 saturated heterocycles. The molecular formula is C6H9N3S. The Morgan fingerprint density at radius 1 is 1.80 bits per heavy atom. The van der Waals surface area contributed by atoms with E-state index in [-0.39, 0.29) is 0 Å². The van der Waals surface area contributed by atoms with Crippen molar-refractivity contribution in [3.63, 3.8) is 0 Å². The first-order valence-corrected chi connectivity index (χ1v) is 4.33. The fourth-order valence-electron chi connectivity index (χ4n) is 0.999. The third-order valence-corrected chi connectivity index (χ3v) is 3.03. The molecule has 1 aliphatic rings. The largest absolute Gasteiger partial charge is 0.382 e. The number of aromatic amines is 1. The van der Waals surface area contributed by atoms with Crippen molar-refractivity contribution in [3.05, 3.63) is 11.8 Å². The molecule has 3 N–H and O–H groups in total. The lowest BCUT2D eigenvalue weighted by atomic mass is 10.2. The summed E-state index contributed by atoms with van der Waals surface area (Å²) in [6.45, 7) is 0. The Morgan fingerprint density at radius 3 is 3.00 bits per heavy atom. The summed E-state index contributed by atoms with van der Waals surface area (Å²) in [4.78, 5) is 0. The van der Waals surface area contributed by atoms with Crippen molar-refractivity contribution >= 4 is 17.6 Å². The molecule has 1 aliphatic heterocycles. The van der Waals surface area contributed by atoms with Crippen molar-refractivity contribution in [3.8, 4) is 0 Å². The Balaban J connectivity index is 2.17. The second-order valence-electron chi connectivity index (χ2n) is 2.40. The summed E-state index contributed by atoms with van der Waals surface area (Å²) >= 11 is 1.94. The molecule has 0 aromatic carbocycles. The lowest BCUT2D eigenvalue weighted by molar-refractivity contribution is 0.808. The van der Waals surface area contributed by atoms with E-state index < -0.39 is 0 Å². The second kappa shape index (κ2) is 2.20. The number of anilines is 1.